The SMILES string of the molecule is CCCCOc1ccc(C[NH+]2CC[NH+](Cc3ccccc3)CC2)cc1. The first-order chi connectivity index (χ1) is 12.3. The van der Waals surface area contributed by atoms with Crippen molar-refractivity contribution in [1.29, 1.82) is 0 Å². The Bertz CT molecular complexity index is 604. The quantitative estimate of drug-likeness (QED) is 0.694. The summed E-state index contributed by atoms with van der Waals surface area (Å²) in [6.45, 7) is 10.4. The van der Waals surface area contributed by atoms with Gasteiger partial charge in [0.25, 0.3) is 0 Å². The van der Waals surface area contributed by atoms with E-state index in [9.17, 15) is 0 Å². The van der Waals surface area contributed by atoms with Gasteiger partial charge < -0.3 is 14.5 Å². The number of hydrogen-bond acceptors (Lipinski definition) is 1. The first-order valence-electron chi connectivity index (χ1n) is 9.76. The predicted octanol–water partition coefficient (Wildman–Crippen LogP) is 1.35. The number of rotatable bonds is 8. The average molecular weight is 341 g/mol. The molecule has 2 N–H and O–H groups in total. The molecule has 3 heteroatoms. The van der Waals surface area contributed by atoms with E-state index in [4.69, 9.17) is 4.74 Å². The maximum atomic E-state index is 5.75. The van der Waals surface area contributed by atoms with Crippen LogP contribution in [-0.4, -0.2) is 32.8 Å². The molecule has 0 unspecified atom stereocenters. The lowest BCUT2D eigenvalue weighted by molar-refractivity contribution is -1.02. The number of benzene rings is 2. The molecule has 1 heterocycles. The third-order valence-electron chi connectivity index (χ3n) is 5.11. The summed E-state index contributed by atoms with van der Waals surface area (Å²) in [7, 11) is 0. The maximum Gasteiger partial charge on any atom is 0.127 e. The van der Waals surface area contributed by atoms with Crippen molar-refractivity contribution < 1.29 is 14.5 Å². The molecule has 1 fully saturated rings. The summed E-state index contributed by atoms with van der Waals surface area (Å²) in [5.41, 5.74) is 2.88. The molecule has 2 aromatic carbocycles. The van der Waals surface area contributed by atoms with Crippen LogP contribution in [0.2, 0.25) is 0 Å². The molecule has 25 heavy (non-hydrogen) atoms. The number of quaternary nitrogens is 2. The van der Waals surface area contributed by atoms with Crippen molar-refractivity contribution >= 4 is 0 Å². The van der Waals surface area contributed by atoms with Gasteiger partial charge in [-0.1, -0.05) is 43.7 Å². The van der Waals surface area contributed by atoms with Gasteiger partial charge in [0.1, 0.15) is 45.0 Å². The molecular weight excluding hydrogens is 308 g/mol. The molecule has 1 aliphatic rings. The summed E-state index contributed by atoms with van der Waals surface area (Å²) < 4.78 is 5.75. The van der Waals surface area contributed by atoms with Crippen LogP contribution in [0.15, 0.2) is 54.6 Å². The van der Waals surface area contributed by atoms with Crippen molar-refractivity contribution in [2.75, 3.05) is 32.8 Å². The van der Waals surface area contributed by atoms with E-state index in [0.29, 0.717) is 0 Å². The summed E-state index contributed by atoms with van der Waals surface area (Å²) >= 11 is 0. The molecule has 0 aliphatic carbocycles. The van der Waals surface area contributed by atoms with E-state index >= 15 is 0 Å². The van der Waals surface area contributed by atoms with Gasteiger partial charge >= 0.3 is 0 Å². The highest BCUT2D eigenvalue weighted by Crippen LogP contribution is 2.12. The molecule has 1 aliphatic heterocycles. The van der Waals surface area contributed by atoms with Crippen LogP contribution in [0.1, 0.15) is 30.9 Å². The van der Waals surface area contributed by atoms with Crippen LogP contribution < -0.4 is 14.5 Å². The molecule has 0 radical (unpaired) electrons. The molecule has 1 saturated heterocycles. The molecule has 0 aromatic heterocycles. The molecule has 0 bridgehead atoms. The number of ether oxygens (including phenoxy) is 1. The van der Waals surface area contributed by atoms with Gasteiger partial charge in [-0.2, -0.15) is 0 Å². The summed E-state index contributed by atoms with van der Waals surface area (Å²) in [5, 5.41) is 0. The topological polar surface area (TPSA) is 18.1 Å². The van der Waals surface area contributed by atoms with Crippen molar-refractivity contribution in [2.24, 2.45) is 0 Å². The lowest BCUT2D eigenvalue weighted by Crippen LogP contribution is -3.27. The molecule has 3 nitrogen and oxygen atoms in total. The van der Waals surface area contributed by atoms with Gasteiger partial charge in [-0.3, -0.25) is 0 Å². The fraction of sp³-hybridized carbons (Fsp3) is 0.455. The minimum Gasteiger partial charge on any atom is -0.494 e. The zero-order valence-electron chi connectivity index (χ0n) is 15.5. The van der Waals surface area contributed by atoms with Crippen LogP contribution in [0.4, 0.5) is 0 Å². The fourth-order valence-electron chi connectivity index (χ4n) is 3.52. The Balaban J connectivity index is 1.41. The van der Waals surface area contributed by atoms with Gasteiger partial charge in [0.05, 0.1) is 6.61 Å². The third kappa shape index (κ3) is 5.87. The number of piperazine rings is 1. The van der Waals surface area contributed by atoms with E-state index in [1.165, 1.54) is 43.7 Å². The van der Waals surface area contributed by atoms with Crippen molar-refractivity contribution in [3.63, 3.8) is 0 Å². The van der Waals surface area contributed by atoms with Crippen LogP contribution in [-0.2, 0) is 13.1 Å². The summed E-state index contributed by atoms with van der Waals surface area (Å²) in [5.74, 6) is 1.00. The Morgan fingerprint density at radius 3 is 1.88 bits per heavy atom. The smallest absolute Gasteiger partial charge is 0.127 e. The molecule has 0 spiro atoms. The first-order valence-corrected chi connectivity index (χ1v) is 9.76. The highest BCUT2D eigenvalue weighted by Gasteiger charge is 2.22. The van der Waals surface area contributed by atoms with Gasteiger partial charge in [-0.25, -0.2) is 0 Å². The normalized spacial score (nSPS) is 20.4. The second kappa shape index (κ2) is 9.59. The zero-order chi connectivity index (χ0) is 17.3. The standard InChI is InChI=1S/C22H30N2O/c1-2-3-17-25-22-11-9-21(10-12-22)19-24-15-13-23(14-16-24)18-20-7-5-4-6-8-20/h4-12H,2-3,13-19H2,1H3/p+2. The average Bonchev–Trinajstić information content (AvgIpc) is 2.66. The van der Waals surface area contributed by atoms with Crippen molar-refractivity contribution in [2.45, 2.75) is 32.9 Å². The van der Waals surface area contributed by atoms with Crippen LogP contribution in [0.5, 0.6) is 5.75 Å². The van der Waals surface area contributed by atoms with Crippen LogP contribution in [0.3, 0.4) is 0 Å². The van der Waals surface area contributed by atoms with E-state index < -0.39 is 0 Å². The largest absolute Gasteiger partial charge is 0.494 e. The summed E-state index contributed by atoms with van der Waals surface area (Å²) in [6, 6.07) is 19.6. The van der Waals surface area contributed by atoms with Crippen molar-refractivity contribution in [1.82, 2.24) is 0 Å². The van der Waals surface area contributed by atoms with Crippen LogP contribution in [0.25, 0.3) is 0 Å². The minimum absolute atomic E-state index is 0.827. The Labute approximate surface area is 152 Å². The van der Waals surface area contributed by atoms with Gasteiger partial charge in [0, 0.05) is 11.1 Å². The van der Waals surface area contributed by atoms with E-state index in [1.807, 2.05) is 0 Å². The Morgan fingerprint density at radius 1 is 0.760 bits per heavy atom. The lowest BCUT2D eigenvalue weighted by Gasteiger charge is -2.29. The predicted molar refractivity (Wildman–Crippen MR) is 102 cm³/mol. The highest BCUT2D eigenvalue weighted by atomic mass is 16.5. The molecule has 0 amide bonds. The van der Waals surface area contributed by atoms with Gasteiger partial charge in [-0.15, -0.1) is 0 Å². The summed E-state index contributed by atoms with van der Waals surface area (Å²) in [6.07, 6.45) is 2.31. The zero-order valence-corrected chi connectivity index (χ0v) is 15.5. The first kappa shape index (κ1) is 18.0. The van der Waals surface area contributed by atoms with Gasteiger partial charge in [0.2, 0.25) is 0 Å². The van der Waals surface area contributed by atoms with Crippen LogP contribution in [0, 0.1) is 0 Å². The molecule has 3 rings (SSSR count). The number of hydrogen-bond donors (Lipinski definition) is 2. The molecular formula is C22H32N2O+2. The Kier molecular flexibility index (Phi) is 6.89. The van der Waals surface area contributed by atoms with E-state index in [0.717, 1.165) is 31.9 Å². The van der Waals surface area contributed by atoms with E-state index in [1.54, 1.807) is 9.80 Å². The van der Waals surface area contributed by atoms with Crippen LogP contribution >= 0.6 is 0 Å². The number of unbranched alkanes of at least 4 members (excludes halogenated alkanes) is 1. The van der Waals surface area contributed by atoms with E-state index in [-0.39, 0.29) is 0 Å². The summed E-state index contributed by atoms with van der Waals surface area (Å²) in [4.78, 5) is 3.42. The second-order valence-electron chi connectivity index (χ2n) is 7.19. The molecule has 134 valence electrons. The maximum absolute atomic E-state index is 5.75. The van der Waals surface area contributed by atoms with Crippen molar-refractivity contribution in [3.8, 4) is 5.75 Å². The Morgan fingerprint density at radius 2 is 1.32 bits per heavy atom. The monoisotopic (exact) mass is 340 g/mol. The molecule has 0 atom stereocenters. The van der Waals surface area contributed by atoms with Crippen molar-refractivity contribution in [3.05, 3.63) is 65.7 Å². The third-order valence-corrected chi connectivity index (χ3v) is 5.11. The number of nitrogens with one attached hydrogen (secondary N) is 2. The molecule has 0 saturated carbocycles. The van der Waals surface area contributed by atoms with E-state index in [2.05, 4.69) is 61.5 Å². The lowest BCUT2D eigenvalue weighted by atomic mass is 10.1. The Hall–Kier alpha value is -1.84. The van der Waals surface area contributed by atoms with Gasteiger partial charge in [0.15, 0.2) is 0 Å². The fourth-order valence-corrected chi connectivity index (χ4v) is 3.52. The minimum atomic E-state index is 0.827. The second-order valence-corrected chi connectivity index (χ2v) is 7.19. The molecule has 2 aromatic rings. The van der Waals surface area contributed by atoms with Gasteiger partial charge in [-0.05, 0) is 30.7 Å². The highest BCUT2D eigenvalue weighted by molar-refractivity contribution is 5.26.